The van der Waals surface area contributed by atoms with Crippen molar-refractivity contribution in [2.75, 3.05) is 13.1 Å². The topological polar surface area (TPSA) is 94.9 Å². The van der Waals surface area contributed by atoms with Crippen molar-refractivity contribution in [3.63, 3.8) is 0 Å². The molecule has 0 aliphatic carbocycles. The second-order valence-electron chi connectivity index (χ2n) is 2.39. The van der Waals surface area contributed by atoms with E-state index in [-0.39, 0.29) is 68.4 Å². The molecule has 2 N–H and O–H groups in total. The molecule has 0 bridgehead atoms. The molecule has 0 atom stereocenters. The second-order valence-corrected chi connectivity index (χ2v) is 2.39. The van der Waals surface area contributed by atoms with Gasteiger partial charge in [-0.25, -0.2) is 0 Å². The summed E-state index contributed by atoms with van der Waals surface area (Å²) in [6, 6.07) is 0. The molecule has 0 heterocycles. The van der Waals surface area contributed by atoms with Gasteiger partial charge in [0.15, 0.2) is 0 Å². The van der Waals surface area contributed by atoms with E-state index in [1.54, 1.807) is 6.92 Å². The fourth-order valence-corrected chi connectivity index (χ4v) is 0.782. The van der Waals surface area contributed by atoms with Crippen molar-refractivity contribution in [1.82, 2.24) is 4.90 Å². The van der Waals surface area contributed by atoms with Crippen molar-refractivity contribution in [2.24, 2.45) is 0 Å². The van der Waals surface area contributed by atoms with Crippen LogP contribution in [-0.2, 0) is 14.4 Å². The molecule has 0 spiro atoms. The van der Waals surface area contributed by atoms with Crippen molar-refractivity contribution < 1.29 is 86.6 Å². The van der Waals surface area contributed by atoms with E-state index < -0.39 is 30.9 Å². The number of amides is 1. The van der Waals surface area contributed by atoms with Gasteiger partial charge in [-0.2, -0.15) is 0 Å². The molecule has 0 aliphatic rings. The number of carboxylic acids is 2. The first-order valence-electron chi connectivity index (χ1n) is 3.68. The molecule has 0 radical (unpaired) electrons. The second kappa shape index (κ2) is 10.9. The van der Waals surface area contributed by atoms with E-state index in [0.717, 1.165) is 4.90 Å². The first kappa shape index (κ1) is 20.8. The van der Waals surface area contributed by atoms with Crippen LogP contribution in [0, 0.1) is 0 Å². The van der Waals surface area contributed by atoms with E-state index >= 15 is 0 Å². The fourth-order valence-electron chi connectivity index (χ4n) is 0.782. The summed E-state index contributed by atoms with van der Waals surface area (Å²) >= 11 is 0. The maximum absolute atomic E-state index is 11.0. The molecule has 0 fully saturated rings. The van der Waals surface area contributed by atoms with E-state index in [1.165, 1.54) is 0 Å². The van der Waals surface area contributed by atoms with Gasteiger partial charge in [-0.05, 0) is 0 Å². The third kappa shape index (κ3) is 10.7. The van der Waals surface area contributed by atoms with Crippen LogP contribution in [0.3, 0.4) is 0 Å². The van der Waals surface area contributed by atoms with E-state index in [0.29, 0.717) is 0 Å². The molecular weight excluding hydrogens is 224 g/mol. The molecule has 0 aromatic carbocycles. The maximum Gasteiger partial charge on any atom is 1.00 e. The van der Waals surface area contributed by atoms with Crippen LogP contribution in [0.25, 0.3) is 0 Å². The molecule has 1 amide bonds. The molecule has 8 heteroatoms. The Morgan fingerprint density at radius 2 is 1.40 bits per heavy atom. The van der Waals surface area contributed by atoms with Crippen LogP contribution in [0.2, 0.25) is 0 Å². The molecule has 0 rings (SSSR count). The molecule has 0 aromatic heterocycles. The van der Waals surface area contributed by atoms with Crippen LogP contribution in [0.4, 0.5) is 0 Å². The minimum Gasteiger partial charge on any atom is -1.00 e. The summed E-state index contributed by atoms with van der Waals surface area (Å²) in [5.74, 6) is -2.92. The number of carbonyl (C=O) groups excluding carboxylic acids is 1. The van der Waals surface area contributed by atoms with Crippen molar-refractivity contribution >= 4 is 17.8 Å². The smallest absolute Gasteiger partial charge is 1.00 e. The summed E-state index contributed by atoms with van der Waals surface area (Å²) in [7, 11) is 0. The van der Waals surface area contributed by atoms with Crippen molar-refractivity contribution in [3.05, 3.63) is 0 Å². The van der Waals surface area contributed by atoms with Gasteiger partial charge in [0.05, 0.1) is 0 Å². The fraction of sp³-hybridized carbons (Fsp3) is 0.571. The summed E-state index contributed by atoms with van der Waals surface area (Å²) in [4.78, 5) is 32.2. The molecule has 0 saturated heterocycles. The molecule has 0 aliphatic heterocycles. The minimum absolute atomic E-state index is 0. The quantitative estimate of drug-likeness (QED) is 0.464. The Morgan fingerprint density at radius 3 is 1.60 bits per heavy atom. The molecule has 0 saturated carbocycles. The molecule has 0 unspecified atom stereocenters. The van der Waals surface area contributed by atoms with Gasteiger partial charge < -0.3 is 18.0 Å². The minimum atomic E-state index is -1.22. The number of hydrogen-bond donors (Lipinski definition) is 2. The predicted molar refractivity (Wildman–Crippen MR) is 44.4 cm³/mol. The van der Waals surface area contributed by atoms with Gasteiger partial charge in [0.25, 0.3) is 0 Å². The Morgan fingerprint density at radius 1 is 1.07 bits per heavy atom. The Hall–Kier alpha value is 0.410. The Bertz CT molecular complexity index is 226. The molecule has 78 valence electrons. The maximum atomic E-state index is 11.0. The van der Waals surface area contributed by atoms with E-state index in [9.17, 15) is 14.4 Å². The SMILES string of the molecule is CCC(=O)N(CC(=O)O)CC(=O)O.[H-].[H-].[Na+].[Na+]. The number of rotatable bonds is 5. The van der Waals surface area contributed by atoms with E-state index in [1.807, 2.05) is 0 Å². The van der Waals surface area contributed by atoms with Crippen LogP contribution in [0.5, 0.6) is 0 Å². The van der Waals surface area contributed by atoms with Crippen molar-refractivity contribution in [2.45, 2.75) is 13.3 Å². The van der Waals surface area contributed by atoms with E-state index in [2.05, 4.69) is 0 Å². The van der Waals surface area contributed by atoms with Crippen molar-refractivity contribution in [3.8, 4) is 0 Å². The Kier molecular flexibility index (Phi) is 15.1. The monoisotopic (exact) mass is 237 g/mol. The summed E-state index contributed by atoms with van der Waals surface area (Å²) in [6.07, 6.45) is 0.0978. The summed E-state index contributed by atoms with van der Waals surface area (Å²) < 4.78 is 0. The van der Waals surface area contributed by atoms with Gasteiger partial charge in [-0.3, -0.25) is 14.4 Å². The van der Waals surface area contributed by atoms with Crippen LogP contribution in [0.1, 0.15) is 16.2 Å². The first-order chi connectivity index (χ1) is 5.97. The van der Waals surface area contributed by atoms with Gasteiger partial charge in [0, 0.05) is 6.42 Å². The number of aliphatic carboxylic acids is 2. The van der Waals surface area contributed by atoms with Gasteiger partial charge in [-0.1, -0.05) is 6.92 Å². The third-order valence-corrected chi connectivity index (χ3v) is 1.31. The largest absolute Gasteiger partial charge is 1.00 e. The Balaban J connectivity index is -0.000000120. The normalized spacial score (nSPS) is 8.07. The van der Waals surface area contributed by atoms with Crippen molar-refractivity contribution in [1.29, 1.82) is 0 Å². The van der Waals surface area contributed by atoms with Crippen LogP contribution >= 0.6 is 0 Å². The molecule has 15 heavy (non-hydrogen) atoms. The average Bonchev–Trinajstić information content (AvgIpc) is 2.00. The summed E-state index contributed by atoms with van der Waals surface area (Å²) in [6.45, 7) is 0.400. The number of nitrogens with zero attached hydrogens (tertiary/aromatic N) is 1. The van der Waals surface area contributed by atoms with Gasteiger partial charge in [0.2, 0.25) is 5.91 Å². The first-order valence-corrected chi connectivity index (χ1v) is 3.68. The van der Waals surface area contributed by atoms with Gasteiger partial charge in [-0.15, -0.1) is 0 Å². The Labute approximate surface area is 135 Å². The number of hydrogen-bond acceptors (Lipinski definition) is 3. The standard InChI is InChI=1S/C7H11NO5.2Na.2H/c1-2-5(9)8(3-6(10)11)4-7(12)13;;;;/h2-4H2,1H3,(H,10,11)(H,12,13);;;;/q;2*+1;2*-1. The van der Waals surface area contributed by atoms with Crippen LogP contribution in [0.15, 0.2) is 0 Å². The zero-order valence-corrected chi connectivity index (χ0v) is 13.2. The van der Waals surface area contributed by atoms with Crippen LogP contribution in [-0.4, -0.2) is 46.0 Å². The zero-order chi connectivity index (χ0) is 10.4. The number of carboxylic acid groups (broad SMARTS) is 2. The molecular formula is C7H13NNa2O5. The van der Waals surface area contributed by atoms with E-state index in [4.69, 9.17) is 10.2 Å². The average molecular weight is 237 g/mol. The van der Waals surface area contributed by atoms with Gasteiger partial charge >= 0.3 is 71.1 Å². The zero-order valence-electron chi connectivity index (χ0n) is 11.2. The summed E-state index contributed by atoms with van der Waals surface area (Å²) in [5, 5.41) is 16.7. The van der Waals surface area contributed by atoms with Crippen LogP contribution < -0.4 is 59.1 Å². The predicted octanol–water partition coefficient (Wildman–Crippen LogP) is -6.37. The number of carbonyl (C=O) groups is 3. The van der Waals surface area contributed by atoms with Gasteiger partial charge in [0.1, 0.15) is 13.1 Å². The molecule has 0 aromatic rings. The molecule has 6 nitrogen and oxygen atoms in total. The third-order valence-electron chi connectivity index (χ3n) is 1.31. The summed E-state index contributed by atoms with van der Waals surface area (Å²) in [5.41, 5.74) is 0.